The molecule has 0 atom stereocenters. The maximum Gasteiger partial charge on any atom is 0.387 e. The van der Waals surface area contributed by atoms with E-state index in [2.05, 4.69) is 14.7 Å². The minimum absolute atomic E-state index is 0.197. The molecule has 0 amide bonds. The Labute approximate surface area is 107 Å². The first-order valence-corrected chi connectivity index (χ1v) is 5.36. The summed E-state index contributed by atoms with van der Waals surface area (Å²) in [6, 6.07) is 3.58. The molecule has 0 aliphatic heterocycles. The number of halogens is 3. The highest BCUT2D eigenvalue weighted by atomic mass is 19.3. The lowest BCUT2D eigenvalue weighted by atomic mass is 10.1. The summed E-state index contributed by atoms with van der Waals surface area (Å²) in [5.74, 6) is -1.40. The van der Waals surface area contributed by atoms with Gasteiger partial charge in [-0.25, -0.2) is 9.37 Å². The van der Waals surface area contributed by atoms with E-state index >= 15 is 0 Å². The SMILES string of the molecule is NCc1cncc(-c2ccc(F)c(OC(F)F)c2)n1. The van der Waals surface area contributed by atoms with Gasteiger partial charge in [-0.3, -0.25) is 4.98 Å². The van der Waals surface area contributed by atoms with Crippen LogP contribution in [0.2, 0.25) is 0 Å². The Morgan fingerprint density at radius 2 is 2.05 bits per heavy atom. The van der Waals surface area contributed by atoms with Crippen LogP contribution in [-0.2, 0) is 6.54 Å². The van der Waals surface area contributed by atoms with E-state index in [0.717, 1.165) is 12.1 Å². The molecule has 2 aromatic rings. The summed E-state index contributed by atoms with van der Waals surface area (Å²) in [6.45, 7) is -2.89. The number of alkyl halides is 2. The summed E-state index contributed by atoms with van der Waals surface area (Å²) in [4.78, 5) is 8.08. The van der Waals surface area contributed by atoms with Crippen molar-refractivity contribution in [3.63, 3.8) is 0 Å². The maximum absolute atomic E-state index is 13.3. The number of aromatic nitrogens is 2. The number of benzene rings is 1. The van der Waals surface area contributed by atoms with E-state index in [4.69, 9.17) is 5.73 Å². The molecule has 2 N–H and O–H groups in total. The summed E-state index contributed by atoms with van der Waals surface area (Å²) in [7, 11) is 0. The van der Waals surface area contributed by atoms with Crippen molar-refractivity contribution in [2.45, 2.75) is 13.2 Å². The predicted molar refractivity (Wildman–Crippen MR) is 61.9 cm³/mol. The molecule has 7 heteroatoms. The quantitative estimate of drug-likeness (QED) is 0.925. The van der Waals surface area contributed by atoms with Crippen LogP contribution in [0.25, 0.3) is 11.3 Å². The number of nitrogens with zero attached hydrogens (tertiary/aromatic N) is 2. The molecule has 1 aromatic heterocycles. The average Bonchev–Trinajstić information content (AvgIpc) is 2.41. The third-order valence-corrected chi connectivity index (χ3v) is 2.34. The zero-order valence-corrected chi connectivity index (χ0v) is 9.69. The minimum atomic E-state index is -3.09. The van der Waals surface area contributed by atoms with Gasteiger partial charge in [-0.1, -0.05) is 0 Å². The molecule has 0 unspecified atom stereocenters. The van der Waals surface area contributed by atoms with E-state index in [-0.39, 0.29) is 6.54 Å². The van der Waals surface area contributed by atoms with E-state index in [9.17, 15) is 13.2 Å². The van der Waals surface area contributed by atoms with E-state index in [0.29, 0.717) is 17.0 Å². The fraction of sp³-hybridized carbons (Fsp3) is 0.167. The van der Waals surface area contributed by atoms with Crippen LogP contribution in [0.15, 0.2) is 30.6 Å². The molecule has 2 rings (SSSR count). The summed E-state index contributed by atoms with van der Waals surface area (Å²) in [6.07, 6.45) is 2.92. The van der Waals surface area contributed by atoms with Crippen molar-refractivity contribution in [2.75, 3.05) is 0 Å². The van der Waals surface area contributed by atoms with Crippen LogP contribution in [-0.4, -0.2) is 16.6 Å². The van der Waals surface area contributed by atoms with Gasteiger partial charge in [0.1, 0.15) is 0 Å². The Balaban J connectivity index is 2.39. The molecule has 0 aliphatic carbocycles. The first-order chi connectivity index (χ1) is 9.10. The highest BCUT2D eigenvalue weighted by Gasteiger charge is 2.12. The van der Waals surface area contributed by atoms with Crippen LogP contribution in [0.1, 0.15) is 5.69 Å². The minimum Gasteiger partial charge on any atom is -0.432 e. The second kappa shape index (κ2) is 5.66. The van der Waals surface area contributed by atoms with Gasteiger partial charge in [-0.15, -0.1) is 0 Å². The zero-order valence-electron chi connectivity index (χ0n) is 9.69. The number of hydrogen-bond donors (Lipinski definition) is 1. The Hall–Kier alpha value is -2.15. The normalized spacial score (nSPS) is 10.8. The number of ether oxygens (including phenoxy) is 1. The fourth-order valence-electron chi connectivity index (χ4n) is 1.49. The molecule has 4 nitrogen and oxygen atoms in total. The lowest BCUT2D eigenvalue weighted by Crippen LogP contribution is -2.04. The Kier molecular flexibility index (Phi) is 3.96. The van der Waals surface area contributed by atoms with Crippen LogP contribution in [0.5, 0.6) is 5.75 Å². The Morgan fingerprint density at radius 3 is 2.74 bits per heavy atom. The largest absolute Gasteiger partial charge is 0.432 e. The van der Waals surface area contributed by atoms with E-state index in [1.54, 1.807) is 0 Å². The summed E-state index contributed by atoms with van der Waals surface area (Å²) in [5, 5.41) is 0. The molecule has 0 aliphatic rings. The van der Waals surface area contributed by atoms with Crippen LogP contribution in [0, 0.1) is 5.82 Å². The van der Waals surface area contributed by atoms with Gasteiger partial charge in [-0.2, -0.15) is 8.78 Å². The Morgan fingerprint density at radius 1 is 1.26 bits per heavy atom. The van der Waals surface area contributed by atoms with Gasteiger partial charge in [0.05, 0.1) is 17.6 Å². The monoisotopic (exact) mass is 269 g/mol. The standard InChI is InChI=1S/C12H10F3N3O/c13-9-2-1-7(3-11(9)19-12(14)15)10-6-17-5-8(4-16)18-10/h1-3,5-6,12H,4,16H2. The molecule has 1 aromatic carbocycles. The molecule has 0 fully saturated rings. The van der Waals surface area contributed by atoms with Gasteiger partial charge in [0.25, 0.3) is 0 Å². The summed E-state index contributed by atoms with van der Waals surface area (Å²) < 4.78 is 41.6. The first kappa shape index (κ1) is 13.3. The predicted octanol–water partition coefficient (Wildman–Crippen LogP) is 2.34. The van der Waals surface area contributed by atoms with Crippen LogP contribution < -0.4 is 10.5 Å². The van der Waals surface area contributed by atoms with Crippen molar-refractivity contribution < 1.29 is 17.9 Å². The van der Waals surface area contributed by atoms with Gasteiger partial charge >= 0.3 is 6.61 Å². The number of nitrogens with two attached hydrogens (primary N) is 1. The van der Waals surface area contributed by atoms with Crippen LogP contribution >= 0.6 is 0 Å². The van der Waals surface area contributed by atoms with Gasteiger partial charge < -0.3 is 10.5 Å². The smallest absolute Gasteiger partial charge is 0.387 e. The lowest BCUT2D eigenvalue weighted by molar-refractivity contribution is -0.0521. The number of rotatable bonds is 4. The second-order valence-corrected chi connectivity index (χ2v) is 3.62. The van der Waals surface area contributed by atoms with Crippen LogP contribution in [0.3, 0.4) is 0 Å². The third-order valence-electron chi connectivity index (χ3n) is 2.34. The first-order valence-electron chi connectivity index (χ1n) is 5.36. The summed E-state index contributed by atoms with van der Waals surface area (Å²) in [5.41, 5.74) is 6.79. The van der Waals surface area contributed by atoms with Gasteiger partial charge in [0.2, 0.25) is 0 Å². The van der Waals surface area contributed by atoms with Crippen molar-refractivity contribution in [1.29, 1.82) is 0 Å². The van der Waals surface area contributed by atoms with Crippen molar-refractivity contribution in [3.05, 3.63) is 42.1 Å². The van der Waals surface area contributed by atoms with Gasteiger partial charge in [0, 0.05) is 18.3 Å². The molecule has 0 spiro atoms. The van der Waals surface area contributed by atoms with Crippen molar-refractivity contribution in [3.8, 4) is 17.0 Å². The van der Waals surface area contributed by atoms with E-state index in [1.165, 1.54) is 18.5 Å². The number of hydrogen-bond acceptors (Lipinski definition) is 4. The molecule has 0 saturated heterocycles. The van der Waals surface area contributed by atoms with E-state index in [1.807, 2.05) is 0 Å². The maximum atomic E-state index is 13.3. The molecular weight excluding hydrogens is 259 g/mol. The Bertz CT molecular complexity index is 578. The van der Waals surface area contributed by atoms with Gasteiger partial charge in [-0.05, 0) is 18.2 Å². The van der Waals surface area contributed by atoms with Crippen molar-refractivity contribution in [1.82, 2.24) is 9.97 Å². The third kappa shape index (κ3) is 3.19. The molecule has 19 heavy (non-hydrogen) atoms. The topological polar surface area (TPSA) is 61.0 Å². The lowest BCUT2D eigenvalue weighted by Gasteiger charge is -2.08. The second-order valence-electron chi connectivity index (χ2n) is 3.62. The van der Waals surface area contributed by atoms with Gasteiger partial charge in [0.15, 0.2) is 11.6 Å². The van der Waals surface area contributed by atoms with E-state index < -0.39 is 18.2 Å². The molecule has 1 heterocycles. The molecule has 0 bridgehead atoms. The zero-order chi connectivity index (χ0) is 13.8. The molecule has 0 radical (unpaired) electrons. The van der Waals surface area contributed by atoms with Crippen molar-refractivity contribution in [2.24, 2.45) is 5.73 Å². The highest BCUT2D eigenvalue weighted by molar-refractivity contribution is 5.60. The summed E-state index contributed by atoms with van der Waals surface area (Å²) >= 11 is 0. The van der Waals surface area contributed by atoms with Crippen molar-refractivity contribution >= 4 is 0 Å². The molecule has 0 saturated carbocycles. The molecule has 100 valence electrons. The highest BCUT2D eigenvalue weighted by Crippen LogP contribution is 2.26. The van der Waals surface area contributed by atoms with Crippen LogP contribution in [0.4, 0.5) is 13.2 Å². The fourth-order valence-corrected chi connectivity index (χ4v) is 1.49. The molecular formula is C12H10F3N3O. The average molecular weight is 269 g/mol.